The molecule has 6 heteroatoms. The molecule has 1 aromatic rings. The molecule has 3 atom stereocenters. The van der Waals surface area contributed by atoms with Gasteiger partial charge in [-0.05, 0) is 17.9 Å². The van der Waals surface area contributed by atoms with E-state index in [1.165, 1.54) is 0 Å². The molecular formula is C17H23NO5. The lowest BCUT2D eigenvalue weighted by molar-refractivity contribution is -0.138. The van der Waals surface area contributed by atoms with Crippen molar-refractivity contribution in [3.05, 3.63) is 35.9 Å². The number of carboxylic acids is 1. The maximum absolute atomic E-state index is 12.1. The highest BCUT2D eigenvalue weighted by Gasteiger charge is 2.51. The average Bonchev–Trinajstić information content (AvgIpc) is 3.28. The van der Waals surface area contributed by atoms with Gasteiger partial charge in [0, 0.05) is 6.61 Å². The number of epoxide rings is 1. The van der Waals surface area contributed by atoms with Crippen molar-refractivity contribution in [1.29, 1.82) is 0 Å². The van der Waals surface area contributed by atoms with Gasteiger partial charge < -0.3 is 19.9 Å². The zero-order chi connectivity index (χ0) is 16.8. The van der Waals surface area contributed by atoms with Crippen LogP contribution in [0.4, 0.5) is 0 Å². The molecule has 0 radical (unpaired) electrons. The number of benzene rings is 1. The Morgan fingerprint density at radius 1 is 1.22 bits per heavy atom. The van der Waals surface area contributed by atoms with Crippen LogP contribution in [0.2, 0.25) is 0 Å². The molecule has 126 valence electrons. The lowest BCUT2D eigenvalue weighted by Crippen LogP contribution is -2.43. The molecule has 2 N–H and O–H groups in total. The van der Waals surface area contributed by atoms with Crippen molar-refractivity contribution in [1.82, 2.24) is 5.32 Å². The van der Waals surface area contributed by atoms with Gasteiger partial charge in [-0.1, -0.05) is 44.2 Å². The van der Waals surface area contributed by atoms with E-state index in [4.69, 9.17) is 14.6 Å². The summed E-state index contributed by atoms with van der Waals surface area (Å²) in [6.07, 6.45) is -1.30. The highest BCUT2D eigenvalue weighted by atomic mass is 16.6. The zero-order valence-electron chi connectivity index (χ0n) is 13.4. The van der Waals surface area contributed by atoms with Crippen LogP contribution in [-0.4, -0.2) is 48.4 Å². The van der Waals surface area contributed by atoms with E-state index >= 15 is 0 Å². The summed E-state index contributed by atoms with van der Waals surface area (Å²) in [7, 11) is 0. The maximum atomic E-state index is 12.1. The van der Waals surface area contributed by atoms with Gasteiger partial charge in [0.2, 0.25) is 0 Å². The van der Waals surface area contributed by atoms with Gasteiger partial charge in [-0.3, -0.25) is 4.79 Å². The minimum absolute atomic E-state index is 0.220. The predicted molar refractivity (Wildman–Crippen MR) is 84.0 cm³/mol. The maximum Gasteiger partial charge on any atom is 0.336 e. The molecule has 0 saturated carbocycles. The first-order valence-electron chi connectivity index (χ1n) is 7.77. The van der Waals surface area contributed by atoms with Gasteiger partial charge in [0.25, 0.3) is 5.91 Å². The van der Waals surface area contributed by atoms with E-state index in [0.717, 1.165) is 5.56 Å². The Hall–Kier alpha value is -1.92. The van der Waals surface area contributed by atoms with Crippen molar-refractivity contribution < 1.29 is 24.2 Å². The Bertz CT molecular complexity index is 531. The Labute approximate surface area is 135 Å². The number of aliphatic carboxylic acids is 1. The van der Waals surface area contributed by atoms with E-state index in [0.29, 0.717) is 25.6 Å². The van der Waals surface area contributed by atoms with Crippen molar-refractivity contribution in [2.24, 2.45) is 5.92 Å². The molecule has 1 aliphatic heterocycles. The van der Waals surface area contributed by atoms with Crippen LogP contribution in [-0.2, 0) is 25.5 Å². The molecule has 1 aliphatic rings. The van der Waals surface area contributed by atoms with Crippen LogP contribution in [0.5, 0.6) is 0 Å². The second-order valence-electron chi connectivity index (χ2n) is 6.14. The number of hydrogen-bond acceptors (Lipinski definition) is 4. The van der Waals surface area contributed by atoms with E-state index in [1.54, 1.807) is 0 Å². The second-order valence-corrected chi connectivity index (χ2v) is 6.14. The molecule has 6 nitrogen and oxygen atoms in total. The number of amides is 1. The summed E-state index contributed by atoms with van der Waals surface area (Å²) in [6, 6.07) is 9.55. The largest absolute Gasteiger partial charge is 0.479 e. The molecule has 0 spiro atoms. The van der Waals surface area contributed by atoms with Crippen molar-refractivity contribution in [2.75, 3.05) is 13.2 Å². The van der Waals surface area contributed by atoms with Crippen molar-refractivity contribution in [3.8, 4) is 0 Å². The Morgan fingerprint density at radius 2 is 1.91 bits per heavy atom. The number of carboxylic acid groups (broad SMARTS) is 1. The summed E-state index contributed by atoms with van der Waals surface area (Å²) in [6.45, 7) is 5.10. The Kier molecular flexibility index (Phi) is 6.12. The Balaban J connectivity index is 1.90. The average molecular weight is 321 g/mol. The summed E-state index contributed by atoms with van der Waals surface area (Å²) >= 11 is 0. The van der Waals surface area contributed by atoms with Gasteiger partial charge >= 0.3 is 5.97 Å². The highest BCUT2D eigenvalue weighted by Crippen LogP contribution is 2.22. The van der Waals surface area contributed by atoms with Crippen LogP contribution in [0.1, 0.15) is 19.4 Å². The zero-order valence-corrected chi connectivity index (χ0v) is 13.4. The van der Waals surface area contributed by atoms with Crippen molar-refractivity contribution in [3.63, 3.8) is 0 Å². The number of rotatable bonds is 9. The van der Waals surface area contributed by atoms with Crippen LogP contribution in [0.3, 0.4) is 0 Å². The normalized spacial score (nSPS) is 21.0. The van der Waals surface area contributed by atoms with E-state index in [1.807, 2.05) is 30.3 Å². The topological polar surface area (TPSA) is 88.2 Å². The fraction of sp³-hybridized carbons (Fsp3) is 0.529. The van der Waals surface area contributed by atoms with E-state index in [9.17, 15) is 9.59 Å². The van der Waals surface area contributed by atoms with E-state index < -0.39 is 24.1 Å². The number of hydrogen-bond donors (Lipinski definition) is 2. The van der Waals surface area contributed by atoms with E-state index in [-0.39, 0.29) is 6.04 Å². The number of carbonyl (C=O) groups excluding carboxylic acids is 1. The first-order valence-corrected chi connectivity index (χ1v) is 7.77. The first-order chi connectivity index (χ1) is 11.0. The first kappa shape index (κ1) is 17.4. The summed E-state index contributed by atoms with van der Waals surface area (Å²) in [5, 5.41) is 11.6. The highest BCUT2D eigenvalue weighted by molar-refractivity contribution is 5.92. The molecule has 0 bridgehead atoms. The number of nitrogens with one attached hydrogen (secondary N) is 1. The third-order valence-corrected chi connectivity index (χ3v) is 3.43. The lowest BCUT2D eigenvalue weighted by atomic mass is 10.1. The van der Waals surface area contributed by atoms with Crippen LogP contribution < -0.4 is 5.32 Å². The van der Waals surface area contributed by atoms with Gasteiger partial charge in [-0.25, -0.2) is 4.79 Å². The summed E-state index contributed by atoms with van der Waals surface area (Å²) < 4.78 is 10.5. The van der Waals surface area contributed by atoms with Gasteiger partial charge in [0.1, 0.15) is 0 Å². The molecule has 1 heterocycles. The lowest BCUT2D eigenvalue weighted by Gasteiger charge is -2.19. The number of ether oxygens (including phenoxy) is 2. The molecular weight excluding hydrogens is 298 g/mol. The molecule has 0 aromatic heterocycles. The standard InChI is InChI=1S/C17H23NO5/c1-11(2)9-22-10-13(8-12-6-4-3-5-7-12)18-16(19)14-15(23-14)17(20)21/h3-7,11,13-15H,8-10H2,1-2H3,(H,18,19)(H,20,21)/t13?,14-,15-/m0/s1. The molecule has 1 unspecified atom stereocenters. The van der Waals surface area contributed by atoms with Crippen LogP contribution in [0.15, 0.2) is 30.3 Å². The van der Waals surface area contributed by atoms with E-state index in [2.05, 4.69) is 19.2 Å². The SMILES string of the molecule is CC(C)COCC(Cc1ccccc1)NC(=O)[C@H]1O[C@@H]1C(=O)O. The second kappa shape index (κ2) is 8.08. The van der Waals surface area contributed by atoms with Gasteiger partial charge in [0.15, 0.2) is 12.2 Å². The monoisotopic (exact) mass is 321 g/mol. The summed E-state index contributed by atoms with van der Waals surface area (Å²) in [5.41, 5.74) is 1.08. The van der Waals surface area contributed by atoms with Crippen LogP contribution in [0, 0.1) is 5.92 Å². The van der Waals surface area contributed by atoms with Gasteiger partial charge in [-0.15, -0.1) is 0 Å². The number of carbonyl (C=O) groups is 2. The summed E-state index contributed by atoms with van der Waals surface area (Å²) in [4.78, 5) is 22.8. The van der Waals surface area contributed by atoms with Crippen molar-refractivity contribution >= 4 is 11.9 Å². The molecule has 0 aliphatic carbocycles. The molecule has 1 saturated heterocycles. The van der Waals surface area contributed by atoms with Crippen LogP contribution >= 0.6 is 0 Å². The quantitative estimate of drug-likeness (QED) is 0.668. The molecule has 23 heavy (non-hydrogen) atoms. The Morgan fingerprint density at radius 3 is 2.48 bits per heavy atom. The fourth-order valence-corrected chi connectivity index (χ4v) is 2.28. The molecule has 1 aromatic carbocycles. The minimum Gasteiger partial charge on any atom is -0.479 e. The fourth-order valence-electron chi connectivity index (χ4n) is 2.28. The molecule has 1 fully saturated rings. The van der Waals surface area contributed by atoms with Crippen molar-refractivity contribution in [2.45, 2.75) is 38.5 Å². The van der Waals surface area contributed by atoms with Crippen LogP contribution in [0.25, 0.3) is 0 Å². The summed E-state index contributed by atoms with van der Waals surface area (Å²) in [5.74, 6) is -1.10. The predicted octanol–water partition coefficient (Wildman–Crippen LogP) is 1.24. The third kappa shape index (κ3) is 5.65. The smallest absolute Gasteiger partial charge is 0.336 e. The third-order valence-electron chi connectivity index (χ3n) is 3.43. The molecule has 2 rings (SSSR count). The molecule has 1 amide bonds. The van der Waals surface area contributed by atoms with Gasteiger partial charge in [0.05, 0.1) is 12.6 Å². The van der Waals surface area contributed by atoms with Gasteiger partial charge in [-0.2, -0.15) is 0 Å². The minimum atomic E-state index is -1.11.